The summed E-state index contributed by atoms with van der Waals surface area (Å²) in [7, 11) is 0. The van der Waals surface area contributed by atoms with Crippen molar-refractivity contribution in [2.45, 2.75) is 50.3 Å². The Labute approximate surface area is 257 Å². The minimum absolute atomic E-state index is 0.0611. The highest BCUT2D eigenvalue weighted by atomic mass is 16.5. The summed E-state index contributed by atoms with van der Waals surface area (Å²) in [5.41, 5.74) is 14.1. The number of hydrogen-bond acceptors (Lipinski definition) is 7. The second-order valence-corrected chi connectivity index (χ2v) is 10.9. The Morgan fingerprint density at radius 1 is 1.09 bits per heavy atom. The van der Waals surface area contributed by atoms with Crippen LogP contribution in [0, 0.1) is 0 Å². The number of hydrazine groups is 1. The first-order chi connectivity index (χ1) is 21.6. The molecule has 228 valence electrons. The lowest BCUT2D eigenvalue weighted by atomic mass is 9.82. The fourth-order valence-corrected chi connectivity index (χ4v) is 5.52. The van der Waals surface area contributed by atoms with Gasteiger partial charge in [0.1, 0.15) is 5.75 Å². The third-order valence-electron chi connectivity index (χ3n) is 7.83. The van der Waals surface area contributed by atoms with E-state index in [1.54, 1.807) is 0 Å². The lowest BCUT2D eigenvalue weighted by molar-refractivity contribution is -0.134. The molecule has 0 aromatic heterocycles. The number of ether oxygens (including phenoxy) is 2. The molecule has 10 heteroatoms. The van der Waals surface area contributed by atoms with E-state index in [4.69, 9.17) is 25.1 Å². The minimum Gasteiger partial charge on any atom is -0.494 e. The number of nitrogens with zero attached hydrogens (tertiary/aromatic N) is 5. The van der Waals surface area contributed by atoms with E-state index in [9.17, 15) is 4.79 Å². The predicted octanol–water partition coefficient (Wildman–Crippen LogP) is 6.14. The van der Waals surface area contributed by atoms with E-state index in [0.29, 0.717) is 30.2 Å². The summed E-state index contributed by atoms with van der Waals surface area (Å²) in [6.45, 7) is 2.13. The van der Waals surface area contributed by atoms with Gasteiger partial charge in [-0.2, -0.15) is 0 Å². The Morgan fingerprint density at radius 2 is 1.84 bits per heavy atom. The van der Waals surface area contributed by atoms with Crippen molar-refractivity contribution in [1.29, 1.82) is 0 Å². The number of nitrogens with one attached hydrogen (secondary N) is 1. The lowest BCUT2D eigenvalue weighted by Gasteiger charge is -2.34. The molecule has 0 aliphatic carbocycles. The van der Waals surface area contributed by atoms with Crippen molar-refractivity contribution in [2.24, 2.45) is 10.1 Å². The van der Waals surface area contributed by atoms with E-state index in [2.05, 4.69) is 15.5 Å². The summed E-state index contributed by atoms with van der Waals surface area (Å²) in [5, 5.41) is 14.9. The van der Waals surface area contributed by atoms with Crippen molar-refractivity contribution in [3.63, 3.8) is 0 Å². The molecular formula is C34H38N6O4. The van der Waals surface area contributed by atoms with Crippen LogP contribution in [0.4, 0.5) is 0 Å². The summed E-state index contributed by atoms with van der Waals surface area (Å²) in [5.74, 6) is 0.758. The Bertz CT molecular complexity index is 1500. The van der Waals surface area contributed by atoms with Gasteiger partial charge < -0.3 is 14.6 Å². The van der Waals surface area contributed by atoms with E-state index >= 15 is 0 Å². The fraction of sp³-hybridized carbons (Fsp3) is 0.353. The Balaban J connectivity index is 1.56. The van der Waals surface area contributed by atoms with Gasteiger partial charge in [0.15, 0.2) is 11.6 Å². The molecule has 44 heavy (non-hydrogen) atoms. The lowest BCUT2D eigenvalue weighted by Crippen LogP contribution is -2.55. The van der Waals surface area contributed by atoms with Crippen molar-refractivity contribution in [3.8, 4) is 5.75 Å². The third kappa shape index (κ3) is 7.47. The molecular weight excluding hydrogens is 556 g/mol. The summed E-state index contributed by atoms with van der Waals surface area (Å²) in [6, 6.07) is 24.8. The summed E-state index contributed by atoms with van der Waals surface area (Å²) in [6.07, 6.45) is 7.15. The molecule has 3 aromatic rings. The number of aliphatic imine (C=N–C) groups is 1. The maximum absolute atomic E-state index is 14.5. The van der Waals surface area contributed by atoms with Crippen LogP contribution in [0.1, 0.15) is 60.5 Å². The van der Waals surface area contributed by atoms with Crippen LogP contribution in [0.25, 0.3) is 16.5 Å². The monoisotopic (exact) mass is 594 g/mol. The molecule has 1 saturated heterocycles. The second-order valence-electron chi connectivity index (χ2n) is 10.9. The Kier molecular flexibility index (Phi) is 10.6. The normalized spacial score (nSPS) is 20.0. The molecule has 2 aliphatic rings. The zero-order chi connectivity index (χ0) is 30.6. The maximum Gasteiger partial charge on any atom is 0.266 e. The van der Waals surface area contributed by atoms with E-state index in [1.807, 2.05) is 96.0 Å². The minimum atomic E-state index is -1.35. The molecule has 0 bridgehead atoms. The molecule has 0 unspecified atom stereocenters. The molecule has 1 fully saturated rings. The second kappa shape index (κ2) is 15.2. The van der Waals surface area contributed by atoms with E-state index in [-0.39, 0.29) is 25.5 Å². The zero-order valence-electron chi connectivity index (χ0n) is 24.7. The largest absolute Gasteiger partial charge is 0.494 e. The Hall–Kier alpha value is -4.63. The van der Waals surface area contributed by atoms with Gasteiger partial charge in [-0.1, -0.05) is 78.3 Å². The van der Waals surface area contributed by atoms with Gasteiger partial charge in [0.25, 0.3) is 5.91 Å². The predicted molar refractivity (Wildman–Crippen MR) is 170 cm³/mol. The molecule has 0 saturated carbocycles. The van der Waals surface area contributed by atoms with E-state index in [0.717, 1.165) is 49.0 Å². The van der Waals surface area contributed by atoms with Crippen molar-refractivity contribution in [3.05, 3.63) is 118 Å². The zero-order valence-corrected chi connectivity index (χ0v) is 24.7. The number of rotatable bonds is 13. The van der Waals surface area contributed by atoms with Gasteiger partial charge in [-0.3, -0.25) is 10.2 Å². The molecule has 2 heterocycles. The summed E-state index contributed by atoms with van der Waals surface area (Å²) < 4.78 is 12.4. The molecule has 10 nitrogen and oxygen atoms in total. The van der Waals surface area contributed by atoms with Crippen molar-refractivity contribution >= 4 is 17.9 Å². The summed E-state index contributed by atoms with van der Waals surface area (Å²) in [4.78, 5) is 22.5. The topological polar surface area (TPSA) is 132 Å². The van der Waals surface area contributed by atoms with Gasteiger partial charge in [-0.15, -0.1) is 0 Å². The third-order valence-corrected chi connectivity index (χ3v) is 7.83. The number of aliphatic hydroxyl groups excluding tert-OH is 1. The molecule has 5 rings (SSSR count). The van der Waals surface area contributed by atoms with Crippen LogP contribution >= 0.6 is 0 Å². The number of carbonyl (C=O) groups excluding carboxylic acids is 1. The average Bonchev–Trinajstić information content (AvgIpc) is 3.46. The van der Waals surface area contributed by atoms with Gasteiger partial charge in [0.2, 0.25) is 5.90 Å². The number of benzene rings is 3. The molecule has 2 atom stereocenters. The highest BCUT2D eigenvalue weighted by molar-refractivity contribution is 6.01. The van der Waals surface area contributed by atoms with E-state index in [1.165, 1.54) is 0 Å². The number of piperidine rings is 1. The van der Waals surface area contributed by atoms with Crippen molar-refractivity contribution in [1.82, 2.24) is 10.4 Å². The van der Waals surface area contributed by atoms with Crippen molar-refractivity contribution < 1.29 is 19.4 Å². The first kappa shape index (κ1) is 30.8. The van der Waals surface area contributed by atoms with Crippen LogP contribution in [0.5, 0.6) is 5.75 Å². The van der Waals surface area contributed by atoms with Crippen LogP contribution in [-0.2, 0) is 16.1 Å². The maximum atomic E-state index is 14.5. The van der Waals surface area contributed by atoms with Gasteiger partial charge in [0.05, 0.1) is 13.2 Å². The van der Waals surface area contributed by atoms with Gasteiger partial charge in [-0.05, 0) is 59.3 Å². The highest BCUT2D eigenvalue weighted by Gasteiger charge is 2.53. The fourth-order valence-electron chi connectivity index (χ4n) is 5.52. The average molecular weight is 595 g/mol. The number of azide groups is 1. The van der Waals surface area contributed by atoms with Crippen LogP contribution in [0.2, 0.25) is 0 Å². The number of amides is 1. The van der Waals surface area contributed by atoms with Crippen LogP contribution in [0.15, 0.2) is 95.0 Å². The van der Waals surface area contributed by atoms with Crippen LogP contribution < -0.4 is 10.2 Å². The first-order valence-electron chi connectivity index (χ1n) is 15.1. The van der Waals surface area contributed by atoms with E-state index < -0.39 is 11.6 Å². The van der Waals surface area contributed by atoms with Crippen LogP contribution in [0.3, 0.4) is 0 Å². The van der Waals surface area contributed by atoms with Gasteiger partial charge in [0, 0.05) is 43.0 Å². The first-order valence-corrected chi connectivity index (χ1v) is 15.1. The smallest absolute Gasteiger partial charge is 0.266 e. The molecule has 0 spiro atoms. The van der Waals surface area contributed by atoms with Crippen molar-refractivity contribution in [2.75, 3.05) is 26.3 Å². The Morgan fingerprint density at radius 3 is 2.59 bits per heavy atom. The molecule has 2 aliphatic heterocycles. The van der Waals surface area contributed by atoms with Gasteiger partial charge in [-0.25, -0.2) is 10.0 Å². The number of hydrogen-bond donors (Lipinski definition) is 2. The molecule has 0 radical (unpaired) electrons. The standard InChI is InChI=1S/C34H38N6O4/c35-39-36-25-28-14-5-6-15-30(28)31-34(20-9-13-26-11-3-1-4-12-26,33(42)38-40-21-7-2-8-22-40)37-32(44-31)27-16-18-29(19-17-27)43-24-10-23-41/h1,3-6,9,11-19,31,41H,2,7-8,10,20-25H2,(H,38,42)/b13-9+/t31-,34-/m0/s1. The molecule has 3 aromatic carbocycles. The highest BCUT2D eigenvalue weighted by Crippen LogP contribution is 2.44. The quantitative estimate of drug-likeness (QED) is 0.106. The molecule has 2 N–H and O–H groups in total. The SMILES string of the molecule is [N-]=[N+]=NCc1ccccc1[C@@H]1OC(c2ccc(OCCCO)cc2)=N[C@]1(C/C=C/c1ccccc1)C(=O)NN1CCCCC1. The van der Waals surface area contributed by atoms with Gasteiger partial charge >= 0.3 is 0 Å². The number of carbonyl (C=O) groups is 1. The number of aliphatic hydroxyl groups is 1. The summed E-state index contributed by atoms with van der Waals surface area (Å²) >= 11 is 0. The molecule has 1 amide bonds. The van der Waals surface area contributed by atoms with Crippen LogP contribution in [-0.4, -0.2) is 53.8 Å².